The van der Waals surface area contributed by atoms with Gasteiger partial charge in [-0.3, -0.25) is 14.4 Å². The van der Waals surface area contributed by atoms with E-state index >= 15 is 0 Å². The van der Waals surface area contributed by atoms with Crippen molar-refractivity contribution in [1.29, 1.82) is 0 Å². The van der Waals surface area contributed by atoms with Crippen LogP contribution < -0.4 is 27.4 Å². The lowest BCUT2D eigenvalue weighted by Crippen LogP contribution is -2.57. The maximum atomic E-state index is 13.2. The molecule has 11 nitrogen and oxygen atoms in total. The molecular weight excluding hydrogens is 490 g/mol. The summed E-state index contributed by atoms with van der Waals surface area (Å²) in [6, 6.07) is 11.2. The number of hydrogen-bond acceptors (Lipinski definition) is 7. The van der Waals surface area contributed by atoms with E-state index in [0.29, 0.717) is 24.9 Å². The number of carboxylic acid groups (broad SMARTS) is 1. The van der Waals surface area contributed by atoms with Gasteiger partial charge in [0.1, 0.15) is 23.9 Å². The Balaban J connectivity index is 2.08. The molecule has 0 aliphatic rings. The normalized spacial score (nSPS) is 14.0. The van der Waals surface area contributed by atoms with Gasteiger partial charge in [0.25, 0.3) is 0 Å². The molecule has 0 radical (unpaired) electrons. The molecule has 0 saturated carbocycles. The number of carbonyl (C=O) groups is 4. The molecule has 4 unspecified atom stereocenters. The van der Waals surface area contributed by atoms with Crippen molar-refractivity contribution < 1.29 is 29.4 Å². The molecular formula is C27H37N5O6. The van der Waals surface area contributed by atoms with Gasteiger partial charge < -0.3 is 37.6 Å². The molecule has 9 N–H and O–H groups in total. The smallest absolute Gasteiger partial charge is 0.326 e. The molecule has 0 fully saturated rings. The Kier molecular flexibility index (Phi) is 12.2. The topological polar surface area (TPSA) is 197 Å². The van der Waals surface area contributed by atoms with Gasteiger partial charge in [0.05, 0.1) is 6.04 Å². The van der Waals surface area contributed by atoms with Gasteiger partial charge in [-0.2, -0.15) is 0 Å². The molecule has 0 bridgehead atoms. The van der Waals surface area contributed by atoms with E-state index in [-0.39, 0.29) is 25.0 Å². The Bertz CT molecular complexity index is 1060. The van der Waals surface area contributed by atoms with Gasteiger partial charge in [-0.1, -0.05) is 42.5 Å². The van der Waals surface area contributed by atoms with Crippen molar-refractivity contribution in [3.63, 3.8) is 0 Å². The van der Waals surface area contributed by atoms with E-state index in [4.69, 9.17) is 11.5 Å². The molecule has 206 valence electrons. The van der Waals surface area contributed by atoms with E-state index in [1.54, 1.807) is 12.1 Å². The van der Waals surface area contributed by atoms with Crippen molar-refractivity contribution in [3.8, 4) is 5.75 Å². The quantitative estimate of drug-likeness (QED) is 0.159. The van der Waals surface area contributed by atoms with Gasteiger partial charge in [-0.05, 0) is 62.4 Å². The van der Waals surface area contributed by atoms with Crippen molar-refractivity contribution in [3.05, 3.63) is 65.7 Å². The molecule has 0 aliphatic carbocycles. The summed E-state index contributed by atoms with van der Waals surface area (Å²) in [5.74, 6) is -2.99. The van der Waals surface area contributed by atoms with Gasteiger partial charge in [0, 0.05) is 6.42 Å². The maximum absolute atomic E-state index is 13.2. The maximum Gasteiger partial charge on any atom is 0.326 e. The molecule has 0 saturated heterocycles. The predicted molar refractivity (Wildman–Crippen MR) is 142 cm³/mol. The highest BCUT2D eigenvalue weighted by Gasteiger charge is 2.28. The number of benzene rings is 2. The zero-order chi connectivity index (χ0) is 28.1. The third-order valence-electron chi connectivity index (χ3n) is 5.96. The number of aliphatic carboxylic acids is 1. The van der Waals surface area contributed by atoms with Crippen LogP contribution in [0.15, 0.2) is 54.6 Å². The summed E-state index contributed by atoms with van der Waals surface area (Å²) in [7, 11) is 0. The number of carbonyl (C=O) groups excluding carboxylic acids is 3. The first-order chi connectivity index (χ1) is 18.1. The Labute approximate surface area is 222 Å². The van der Waals surface area contributed by atoms with Crippen LogP contribution in [0.4, 0.5) is 0 Å². The molecule has 0 heterocycles. The van der Waals surface area contributed by atoms with Crippen LogP contribution in [-0.2, 0) is 32.0 Å². The molecule has 4 atom stereocenters. The first-order valence-electron chi connectivity index (χ1n) is 12.5. The molecule has 2 rings (SSSR count). The Morgan fingerprint density at radius 2 is 1.39 bits per heavy atom. The lowest BCUT2D eigenvalue weighted by Gasteiger charge is -2.24. The first-order valence-corrected chi connectivity index (χ1v) is 12.5. The number of amides is 3. The molecule has 0 spiro atoms. The van der Waals surface area contributed by atoms with Crippen LogP contribution >= 0.6 is 0 Å². The largest absolute Gasteiger partial charge is 0.508 e. The summed E-state index contributed by atoms with van der Waals surface area (Å²) in [4.78, 5) is 50.2. The van der Waals surface area contributed by atoms with Gasteiger partial charge >= 0.3 is 5.97 Å². The van der Waals surface area contributed by atoms with Gasteiger partial charge in [0.2, 0.25) is 17.7 Å². The zero-order valence-electron chi connectivity index (χ0n) is 21.4. The summed E-state index contributed by atoms with van der Waals surface area (Å²) < 4.78 is 0. The Hall–Kier alpha value is -3.96. The highest BCUT2D eigenvalue weighted by Crippen LogP contribution is 2.12. The van der Waals surface area contributed by atoms with Crippen LogP contribution in [0, 0.1) is 0 Å². The Morgan fingerprint density at radius 3 is 2.00 bits per heavy atom. The van der Waals surface area contributed by atoms with Crippen molar-refractivity contribution in [2.45, 2.75) is 63.2 Å². The van der Waals surface area contributed by atoms with Crippen LogP contribution in [0.25, 0.3) is 0 Å². The minimum atomic E-state index is -1.18. The first kappa shape index (κ1) is 30.3. The molecule has 0 aliphatic heterocycles. The fraction of sp³-hybridized carbons (Fsp3) is 0.407. The number of aromatic hydroxyl groups is 1. The number of phenols is 1. The molecule has 2 aromatic rings. The van der Waals surface area contributed by atoms with Gasteiger partial charge in [0.15, 0.2) is 0 Å². The number of phenolic OH excluding ortho intramolecular Hbond substituents is 1. The van der Waals surface area contributed by atoms with Gasteiger partial charge in [-0.25, -0.2) is 4.79 Å². The molecule has 38 heavy (non-hydrogen) atoms. The van der Waals surface area contributed by atoms with E-state index < -0.39 is 47.9 Å². The van der Waals surface area contributed by atoms with Gasteiger partial charge in [-0.15, -0.1) is 0 Å². The van der Waals surface area contributed by atoms with E-state index in [1.165, 1.54) is 19.1 Å². The summed E-state index contributed by atoms with van der Waals surface area (Å²) in [6.45, 7) is 1.84. The van der Waals surface area contributed by atoms with Crippen LogP contribution in [0.2, 0.25) is 0 Å². The fourth-order valence-electron chi connectivity index (χ4n) is 3.74. The highest BCUT2D eigenvalue weighted by molar-refractivity contribution is 5.94. The van der Waals surface area contributed by atoms with Crippen LogP contribution in [-0.4, -0.2) is 64.6 Å². The second-order valence-electron chi connectivity index (χ2n) is 9.14. The average Bonchev–Trinajstić information content (AvgIpc) is 2.89. The van der Waals surface area contributed by atoms with Crippen molar-refractivity contribution >= 4 is 23.7 Å². The molecule has 11 heteroatoms. The highest BCUT2D eigenvalue weighted by atomic mass is 16.4. The second kappa shape index (κ2) is 15.3. The number of hydrogen-bond donors (Lipinski definition) is 7. The van der Waals surface area contributed by atoms with Crippen LogP contribution in [0.5, 0.6) is 5.75 Å². The third-order valence-corrected chi connectivity index (χ3v) is 5.96. The second-order valence-corrected chi connectivity index (χ2v) is 9.14. The number of rotatable bonds is 15. The van der Waals surface area contributed by atoms with E-state index in [9.17, 15) is 29.4 Å². The summed E-state index contributed by atoms with van der Waals surface area (Å²) >= 11 is 0. The van der Waals surface area contributed by atoms with Crippen molar-refractivity contribution in [2.24, 2.45) is 11.5 Å². The average molecular weight is 528 g/mol. The standard InChI is InChI=1S/C27H37N5O6/c1-17(24(34)31-22(27(37)38)9-5-6-14-28)30-26(36)23(16-19-10-12-20(33)13-11-19)32-25(35)21(29)15-18-7-3-2-4-8-18/h2-4,7-8,10-13,17,21-23,33H,5-6,9,14-16,28-29H2,1H3,(H,30,36)(H,31,34)(H,32,35)(H,37,38). The van der Waals surface area contributed by atoms with E-state index in [0.717, 1.165) is 5.56 Å². The lowest BCUT2D eigenvalue weighted by atomic mass is 10.0. The molecule has 2 aromatic carbocycles. The number of nitrogens with two attached hydrogens (primary N) is 2. The van der Waals surface area contributed by atoms with E-state index in [2.05, 4.69) is 16.0 Å². The minimum absolute atomic E-state index is 0.0495. The SMILES string of the molecule is CC(NC(=O)C(Cc1ccc(O)cc1)NC(=O)C(N)Cc1ccccc1)C(=O)NC(CCCCN)C(=O)O. The summed E-state index contributed by atoms with van der Waals surface area (Å²) in [6.07, 6.45) is 1.69. The van der Waals surface area contributed by atoms with Crippen LogP contribution in [0.1, 0.15) is 37.3 Å². The fourth-order valence-corrected chi connectivity index (χ4v) is 3.74. The summed E-state index contributed by atoms with van der Waals surface area (Å²) in [5, 5.41) is 26.6. The lowest BCUT2D eigenvalue weighted by molar-refractivity contribution is -0.142. The third kappa shape index (κ3) is 10.2. The minimum Gasteiger partial charge on any atom is -0.508 e. The number of carboxylic acids is 1. The monoisotopic (exact) mass is 527 g/mol. The Morgan fingerprint density at radius 1 is 0.789 bits per heavy atom. The number of nitrogens with one attached hydrogen (secondary N) is 3. The molecule has 3 amide bonds. The van der Waals surface area contributed by atoms with Crippen molar-refractivity contribution in [1.82, 2.24) is 16.0 Å². The number of unbranched alkanes of at least 4 members (excludes halogenated alkanes) is 1. The molecule has 0 aromatic heterocycles. The predicted octanol–water partition coefficient (Wildman–Crippen LogP) is 0.193. The summed E-state index contributed by atoms with van der Waals surface area (Å²) in [5.41, 5.74) is 13.1. The van der Waals surface area contributed by atoms with Crippen LogP contribution in [0.3, 0.4) is 0 Å². The zero-order valence-corrected chi connectivity index (χ0v) is 21.4. The van der Waals surface area contributed by atoms with Crippen molar-refractivity contribution in [2.75, 3.05) is 6.54 Å². The van der Waals surface area contributed by atoms with E-state index in [1.807, 2.05) is 30.3 Å².